The van der Waals surface area contributed by atoms with E-state index in [9.17, 15) is 4.79 Å². The van der Waals surface area contributed by atoms with E-state index in [1.165, 1.54) is 6.08 Å². The minimum absolute atomic E-state index is 0.151. The molecule has 1 N–H and O–H groups in total. The van der Waals surface area contributed by atoms with Crippen molar-refractivity contribution in [3.05, 3.63) is 29.8 Å². The standard InChI is InChI=1S/C12H15NO3/c1-13-12(14)5-4-9-6-10(15-2)8-11(7-9)16-3/h4-8H,1-3H3,(H,13,14)/b5-4+. The van der Waals surface area contributed by atoms with Gasteiger partial charge in [-0.1, -0.05) is 0 Å². The van der Waals surface area contributed by atoms with Crippen LogP contribution >= 0.6 is 0 Å². The number of likely N-dealkylation sites (N-methyl/N-ethyl adjacent to an activating group) is 1. The third-order valence-corrected chi connectivity index (χ3v) is 2.05. The van der Waals surface area contributed by atoms with Crippen LogP contribution in [-0.2, 0) is 4.79 Å². The second-order valence-corrected chi connectivity index (χ2v) is 3.09. The van der Waals surface area contributed by atoms with Crippen molar-refractivity contribution in [1.29, 1.82) is 0 Å². The number of carbonyl (C=O) groups is 1. The smallest absolute Gasteiger partial charge is 0.243 e. The molecule has 1 aromatic rings. The van der Waals surface area contributed by atoms with E-state index in [0.717, 1.165) is 5.56 Å². The molecule has 0 radical (unpaired) electrons. The summed E-state index contributed by atoms with van der Waals surface area (Å²) in [5.74, 6) is 1.23. The van der Waals surface area contributed by atoms with Gasteiger partial charge in [-0.3, -0.25) is 4.79 Å². The molecule has 0 atom stereocenters. The molecule has 4 heteroatoms. The van der Waals surface area contributed by atoms with Gasteiger partial charge < -0.3 is 14.8 Å². The predicted octanol–water partition coefficient (Wildman–Crippen LogP) is 1.46. The van der Waals surface area contributed by atoms with Crippen molar-refractivity contribution in [3.63, 3.8) is 0 Å². The van der Waals surface area contributed by atoms with Crippen LogP contribution in [-0.4, -0.2) is 27.2 Å². The largest absolute Gasteiger partial charge is 0.497 e. The SMILES string of the molecule is CNC(=O)/C=C/c1cc(OC)cc(OC)c1. The zero-order valence-electron chi connectivity index (χ0n) is 9.61. The van der Waals surface area contributed by atoms with Crippen molar-refractivity contribution >= 4 is 12.0 Å². The number of hydrogen-bond donors (Lipinski definition) is 1. The highest BCUT2D eigenvalue weighted by Gasteiger charge is 1.99. The Balaban J connectivity index is 2.95. The summed E-state index contributed by atoms with van der Waals surface area (Å²) in [4.78, 5) is 11.0. The van der Waals surface area contributed by atoms with E-state index in [-0.39, 0.29) is 5.91 Å². The Morgan fingerprint density at radius 2 is 1.75 bits per heavy atom. The van der Waals surface area contributed by atoms with Crippen LogP contribution in [0.4, 0.5) is 0 Å². The Morgan fingerprint density at radius 3 is 2.19 bits per heavy atom. The van der Waals surface area contributed by atoms with Crippen molar-refractivity contribution in [3.8, 4) is 11.5 Å². The van der Waals surface area contributed by atoms with Gasteiger partial charge in [0, 0.05) is 19.2 Å². The molecule has 0 saturated heterocycles. The molecular formula is C12H15NO3. The van der Waals surface area contributed by atoms with Crippen LogP contribution in [0.25, 0.3) is 6.08 Å². The van der Waals surface area contributed by atoms with E-state index in [2.05, 4.69) is 5.32 Å². The minimum Gasteiger partial charge on any atom is -0.497 e. The van der Waals surface area contributed by atoms with Crippen LogP contribution in [0.3, 0.4) is 0 Å². The van der Waals surface area contributed by atoms with Gasteiger partial charge in [0.1, 0.15) is 11.5 Å². The van der Waals surface area contributed by atoms with E-state index in [0.29, 0.717) is 11.5 Å². The molecular weight excluding hydrogens is 206 g/mol. The average molecular weight is 221 g/mol. The van der Waals surface area contributed by atoms with E-state index in [1.54, 1.807) is 33.4 Å². The molecule has 0 aliphatic carbocycles. The van der Waals surface area contributed by atoms with Crippen LogP contribution in [0.15, 0.2) is 24.3 Å². The van der Waals surface area contributed by atoms with E-state index >= 15 is 0 Å². The molecule has 86 valence electrons. The highest BCUT2D eigenvalue weighted by atomic mass is 16.5. The molecule has 0 spiro atoms. The number of amides is 1. The van der Waals surface area contributed by atoms with Gasteiger partial charge in [-0.2, -0.15) is 0 Å². The maximum atomic E-state index is 11.0. The third kappa shape index (κ3) is 3.31. The number of hydrogen-bond acceptors (Lipinski definition) is 3. The van der Waals surface area contributed by atoms with Crippen LogP contribution < -0.4 is 14.8 Å². The lowest BCUT2D eigenvalue weighted by molar-refractivity contribution is -0.115. The van der Waals surface area contributed by atoms with Crippen LogP contribution in [0.5, 0.6) is 11.5 Å². The molecule has 0 aliphatic heterocycles. The Hall–Kier alpha value is -1.97. The summed E-state index contributed by atoms with van der Waals surface area (Å²) in [5, 5.41) is 2.50. The summed E-state index contributed by atoms with van der Waals surface area (Å²) in [6, 6.07) is 5.42. The van der Waals surface area contributed by atoms with Gasteiger partial charge in [0.25, 0.3) is 0 Å². The van der Waals surface area contributed by atoms with Crippen molar-refractivity contribution in [2.45, 2.75) is 0 Å². The average Bonchev–Trinajstić information content (AvgIpc) is 2.35. The second-order valence-electron chi connectivity index (χ2n) is 3.09. The summed E-state index contributed by atoms with van der Waals surface area (Å²) in [6.45, 7) is 0. The minimum atomic E-state index is -0.151. The topological polar surface area (TPSA) is 47.6 Å². The van der Waals surface area contributed by atoms with Crippen molar-refractivity contribution < 1.29 is 14.3 Å². The molecule has 1 rings (SSSR count). The maximum Gasteiger partial charge on any atom is 0.243 e. The van der Waals surface area contributed by atoms with E-state index in [4.69, 9.17) is 9.47 Å². The summed E-state index contributed by atoms with van der Waals surface area (Å²) in [6.07, 6.45) is 3.15. The van der Waals surface area contributed by atoms with E-state index in [1.807, 2.05) is 12.1 Å². The molecule has 0 fully saturated rings. The Bertz CT molecular complexity index is 377. The molecule has 0 aliphatic rings. The van der Waals surface area contributed by atoms with Crippen molar-refractivity contribution in [2.24, 2.45) is 0 Å². The van der Waals surface area contributed by atoms with Crippen LogP contribution in [0.1, 0.15) is 5.56 Å². The fourth-order valence-corrected chi connectivity index (χ4v) is 1.18. The van der Waals surface area contributed by atoms with Gasteiger partial charge in [0.15, 0.2) is 0 Å². The molecule has 1 amide bonds. The molecule has 0 unspecified atom stereocenters. The summed E-state index contributed by atoms with van der Waals surface area (Å²) < 4.78 is 10.2. The first kappa shape index (κ1) is 12.1. The zero-order chi connectivity index (χ0) is 12.0. The Labute approximate surface area is 94.9 Å². The fraction of sp³-hybridized carbons (Fsp3) is 0.250. The molecule has 16 heavy (non-hydrogen) atoms. The summed E-state index contributed by atoms with van der Waals surface area (Å²) in [7, 11) is 4.75. The van der Waals surface area contributed by atoms with Gasteiger partial charge in [-0.15, -0.1) is 0 Å². The zero-order valence-corrected chi connectivity index (χ0v) is 9.61. The van der Waals surface area contributed by atoms with Crippen LogP contribution in [0, 0.1) is 0 Å². The molecule has 0 saturated carbocycles. The number of benzene rings is 1. The first-order chi connectivity index (χ1) is 7.69. The molecule has 0 aromatic heterocycles. The lowest BCUT2D eigenvalue weighted by atomic mass is 10.2. The monoisotopic (exact) mass is 221 g/mol. The van der Waals surface area contributed by atoms with Crippen molar-refractivity contribution in [1.82, 2.24) is 5.32 Å². The van der Waals surface area contributed by atoms with Crippen LogP contribution in [0.2, 0.25) is 0 Å². The highest BCUT2D eigenvalue weighted by Crippen LogP contribution is 2.23. The van der Waals surface area contributed by atoms with Crippen molar-refractivity contribution in [2.75, 3.05) is 21.3 Å². The Kier molecular flexibility index (Phi) is 4.39. The number of carbonyl (C=O) groups excluding carboxylic acids is 1. The normalized spacial score (nSPS) is 10.2. The first-order valence-corrected chi connectivity index (χ1v) is 4.82. The van der Waals surface area contributed by atoms with Gasteiger partial charge in [0.2, 0.25) is 5.91 Å². The molecule has 0 heterocycles. The fourth-order valence-electron chi connectivity index (χ4n) is 1.18. The van der Waals surface area contributed by atoms with Gasteiger partial charge in [-0.25, -0.2) is 0 Å². The number of rotatable bonds is 4. The molecule has 1 aromatic carbocycles. The quantitative estimate of drug-likeness (QED) is 0.783. The second kappa shape index (κ2) is 5.80. The Morgan fingerprint density at radius 1 is 1.19 bits per heavy atom. The lowest BCUT2D eigenvalue weighted by Gasteiger charge is -2.05. The highest BCUT2D eigenvalue weighted by molar-refractivity contribution is 5.91. The number of nitrogens with one attached hydrogen (secondary N) is 1. The van der Waals surface area contributed by atoms with Gasteiger partial charge in [0.05, 0.1) is 14.2 Å². The molecule has 0 bridgehead atoms. The molecule has 4 nitrogen and oxygen atoms in total. The maximum absolute atomic E-state index is 11.0. The summed E-state index contributed by atoms with van der Waals surface area (Å²) >= 11 is 0. The van der Waals surface area contributed by atoms with Gasteiger partial charge in [-0.05, 0) is 23.8 Å². The number of ether oxygens (including phenoxy) is 2. The predicted molar refractivity (Wildman–Crippen MR) is 62.6 cm³/mol. The third-order valence-electron chi connectivity index (χ3n) is 2.05. The van der Waals surface area contributed by atoms with Gasteiger partial charge >= 0.3 is 0 Å². The van der Waals surface area contributed by atoms with E-state index < -0.39 is 0 Å². The lowest BCUT2D eigenvalue weighted by Crippen LogP contribution is -2.13. The number of methoxy groups -OCH3 is 2. The summed E-state index contributed by atoms with van der Waals surface area (Å²) in [5.41, 5.74) is 0.847. The first-order valence-electron chi connectivity index (χ1n) is 4.82.